The first-order valence-corrected chi connectivity index (χ1v) is 10.5. The molecule has 156 valence electrons. The minimum absolute atomic E-state index is 0.154. The zero-order valence-electron chi connectivity index (χ0n) is 16.5. The van der Waals surface area contributed by atoms with Gasteiger partial charge in [-0.05, 0) is 50.2 Å². The Morgan fingerprint density at radius 1 is 1.07 bits per heavy atom. The summed E-state index contributed by atoms with van der Waals surface area (Å²) in [5.74, 6) is -0.120. The summed E-state index contributed by atoms with van der Waals surface area (Å²) in [5, 5.41) is 0. The number of fused-ring (bicyclic) bond motifs is 3. The van der Waals surface area contributed by atoms with Crippen LogP contribution < -0.4 is 4.90 Å². The summed E-state index contributed by atoms with van der Waals surface area (Å²) in [6, 6.07) is 14.5. The fourth-order valence-corrected chi connectivity index (χ4v) is 4.09. The molecule has 2 aromatic heterocycles. The van der Waals surface area contributed by atoms with E-state index >= 15 is 0 Å². The van der Waals surface area contributed by atoms with E-state index in [0.717, 1.165) is 17.1 Å². The number of furan rings is 1. The Bertz CT molecular complexity index is 1060. The highest BCUT2D eigenvalue weighted by atomic mass is 35.5. The summed E-state index contributed by atoms with van der Waals surface area (Å²) in [5.41, 5.74) is 2.51. The van der Waals surface area contributed by atoms with Gasteiger partial charge in [-0.15, -0.1) is 0 Å². The second-order valence-electron chi connectivity index (χ2n) is 7.33. The number of rotatable bonds is 5. The molecule has 3 aromatic rings. The lowest BCUT2D eigenvalue weighted by atomic mass is 10.0. The second kappa shape index (κ2) is 8.20. The summed E-state index contributed by atoms with van der Waals surface area (Å²) in [7, 11) is 0. The first kappa shape index (κ1) is 20.6. The zero-order valence-corrected chi connectivity index (χ0v) is 18.0. The first-order valence-electron chi connectivity index (χ1n) is 9.61. The Kier molecular flexibility index (Phi) is 5.62. The Morgan fingerprint density at radius 2 is 1.80 bits per heavy atom. The SMILES string of the molecule is CC(C)N(CC(=O)N1c2ccccc2-n2cccc2C1c1ccco1)C(=O)C(Cl)Cl. The predicted octanol–water partition coefficient (Wildman–Crippen LogP) is 4.55. The fraction of sp³-hybridized carbons (Fsp3) is 0.273. The van der Waals surface area contributed by atoms with Crippen molar-refractivity contribution in [1.29, 1.82) is 0 Å². The van der Waals surface area contributed by atoms with Crippen LogP contribution >= 0.6 is 23.2 Å². The van der Waals surface area contributed by atoms with Gasteiger partial charge in [-0.1, -0.05) is 35.3 Å². The van der Waals surface area contributed by atoms with Gasteiger partial charge in [-0.3, -0.25) is 14.5 Å². The topological polar surface area (TPSA) is 58.7 Å². The maximum atomic E-state index is 13.6. The van der Waals surface area contributed by atoms with Crippen LogP contribution in [0.4, 0.5) is 5.69 Å². The fourth-order valence-electron chi connectivity index (χ4n) is 3.84. The molecule has 1 aliphatic heterocycles. The number of alkyl halides is 2. The molecule has 1 aliphatic rings. The number of nitrogens with zero attached hydrogens (tertiary/aromatic N) is 3. The van der Waals surface area contributed by atoms with Crippen LogP contribution in [0.1, 0.15) is 31.3 Å². The number of halogens is 2. The van der Waals surface area contributed by atoms with E-state index in [4.69, 9.17) is 27.6 Å². The molecule has 0 bridgehead atoms. The lowest BCUT2D eigenvalue weighted by molar-refractivity contribution is -0.135. The summed E-state index contributed by atoms with van der Waals surface area (Å²) in [4.78, 5) is 28.0. The molecule has 0 saturated heterocycles. The third-order valence-corrected chi connectivity index (χ3v) is 5.57. The highest BCUT2D eigenvalue weighted by molar-refractivity contribution is 6.53. The van der Waals surface area contributed by atoms with Gasteiger partial charge in [0.2, 0.25) is 5.91 Å². The smallest absolute Gasteiger partial charge is 0.256 e. The maximum Gasteiger partial charge on any atom is 0.256 e. The Balaban J connectivity index is 1.80. The van der Waals surface area contributed by atoms with Crippen molar-refractivity contribution in [2.24, 2.45) is 0 Å². The number of aromatic nitrogens is 1. The van der Waals surface area contributed by atoms with Crippen LogP contribution in [0, 0.1) is 0 Å². The van der Waals surface area contributed by atoms with E-state index in [1.54, 1.807) is 17.2 Å². The highest BCUT2D eigenvalue weighted by Gasteiger charge is 2.39. The molecule has 3 heterocycles. The molecule has 0 N–H and O–H groups in total. The number of carbonyl (C=O) groups excluding carboxylic acids is 2. The molecule has 2 amide bonds. The van der Waals surface area contributed by atoms with Gasteiger partial charge in [0.25, 0.3) is 5.91 Å². The van der Waals surface area contributed by atoms with E-state index < -0.39 is 16.8 Å². The van der Waals surface area contributed by atoms with Gasteiger partial charge in [0.1, 0.15) is 18.3 Å². The summed E-state index contributed by atoms with van der Waals surface area (Å²) in [6.45, 7) is 3.49. The lowest BCUT2D eigenvalue weighted by Gasteiger charge is -2.38. The monoisotopic (exact) mass is 445 g/mol. The summed E-state index contributed by atoms with van der Waals surface area (Å²) >= 11 is 11.6. The normalized spacial score (nSPS) is 15.3. The van der Waals surface area contributed by atoms with Crippen LogP contribution in [0.2, 0.25) is 0 Å². The van der Waals surface area contributed by atoms with E-state index in [2.05, 4.69) is 0 Å². The van der Waals surface area contributed by atoms with E-state index in [1.807, 2.05) is 67.1 Å². The standard InChI is InChI=1S/C22H21Cl2N3O3/c1-14(2)26(22(29)21(23)24)13-19(28)27-16-8-4-3-7-15(16)25-11-5-9-17(25)20(27)18-10-6-12-30-18/h3-12,14,20-21H,13H2,1-2H3. The van der Waals surface area contributed by atoms with Crippen molar-refractivity contribution in [1.82, 2.24) is 9.47 Å². The van der Waals surface area contributed by atoms with Crippen LogP contribution in [0.3, 0.4) is 0 Å². The molecule has 8 heteroatoms. The van der Waals surface area contributed by atoms with Crippen LogP contribution in [0.5, 0.6) is 0 Å². The molecule has 0 saturated carbocycles. The summed E-state index contributed by atoms with van der Waals surface area (Å²) in [6.07, 6.45) is 3.54. The van der Waals surface area contributed by atoms with E-state index in [0.29, 0.717) is 5.76 Å². The number of hydrogen-bond donors (Lipinski definition) is 0. The first-order chi connectivity index (χ1) is 14.4. The van der Waals surface area contributed by atoms with Gasteiger partial charge in [0, 0.05) is 12.2 Å². The molecular weight excluding hydrogens is 425 g/mol. The number of anilines is 1. The van der Waals surface area contributed by atoms with Crippen LogP contribution in [-0.4, -0.2) is 38.7 Å². The van der Waals surface area contributed by atoms with E-state index in [-0.39, 0.29) is 18.5 Å². The second-order valence-corrected chi connectivity index (χ2v) is 8.43. The molecule has 1 atom stereocenters. The maximum absolute atomic E-state index is 13.6. The van der Waals surface area contributed by atoms with Crippen LogP contribution in [-0.2, 0) is 9.59 Å². The quantitative estimate of drug-likeness (QED) is 0.541. The summed E-state index contributed by atoms with van der Waals surface area (Å²) < 4.78 is 7.75. The zero-order chi connectivity index (χ0) is 21.4. The van der Waals surface area contributed by atoms with Gasteiger partial charge in [-0.2, -0.15) is 0 Å². The molecule has 0 aliphatic carbocycles. The minimum Gasteiger partial charge on any atom is -0.467 e. The molecule has 30 heavy (non-hydrogen) atoms. The Labute approximate surface area is 184 Å². The van der Waals surface area contributed by atoms with Crippen molar-refractivity contribution in [2.45, 2.75) is 30.8 Å². The van der Waals surface area contributed by atoms with E-state index in [1.165, 1.54) is 4.90 Å². The molecule has 0 fully saturated rings. The number of benzene rings is 1. The van der Waals surface area contributed by atoms with Crippen molar-refractivity contribution in [3.05, 3.63) is 72.4 Å². The number of carbonyl (C=O) groups is 2. The third-order valence-electron chi connectivity index (χ3n) is 5.20. The number of hydrogen-bond acceptors (Lipinski definition) is 3. The van der Waals surface area contributed by atoms with Crippen molar-refractivity contribution in [3.8, 4) is 5.69 Å². The molecule has 0 spiro atoms. The van der Waals surface area contributed by atoms with Crippen molar-refractivity contribution in [2.75, 3.05) is 11.4 Å². The van der Waals surface area contributed by atoms with Crippen LogP contribution in [0.25, 0.3) is 5.69 Å². The lowest BCUT2D eigenvalue weighted by Crippen LogP contribution is -2.49. The Morgan fingerprint density at radius 3 is 2.43 bits per heavy atom. The molecule has 0 radical (unpaired) electrons. The largest absolute Gasteiger partial charge is 0.467 e. The van der Waals surface area contributed by atoms with Gasteiger partial charge < -0.3 is 13.9 Å². The minimum atomic E-state index is -1.23. The van der Waals surface area contributed by atoms with Crippen molar-refractivity contribution >= 4 is 40.7 Å². The molecule has 1 unspecified atom stereocenters. The van der Waals surface area contributed by atoms with Gasteiger partial charge in [0.05, 0.1) is 23.3 Å². The van der Waals surface area contributed by atoms with Crippen molar-refractivity contribution < 1.29 is 14.0 Å². The van der Waals surface area contributed by atoms with E-state index in [9.17, 15) is 9.59 Å². The van der Waals surface area contributed by atoms with Crippen molar-refractivity contribution in [3.63, 3.8) is 0 Å². The Hall–Kier alpha value is -2.70. The van der Waals surface area contributed by atoms with Gasteiger partial charge >= 0.3 is 0 Å². The van der Waals surface area contributed by atoms with Gasteiger partial charge in [0.15, 0.2) is 4.84 Å². The van der Waals surface area contributed by atoms with Crippen LogP contribution in [0.15, 0.2) is 65.4 Å². The molecule has 1 aromatic carbocycles. The number of para-hydroxylation sites is 2. The molecule has 6 nitrogen and oxygen atoms in total. The molecule has 4 rings (SSSR count). The highest BCUT2D eigenvalue weighted by Crippen LogP contribution is 2.42. The van der Waals surface area contributed by atoms with Gasteiger partial charge in [-0.25, -0.2) is 0 Å². The molecular formula is C22H21Cl2N3O3. The predicted molar refractivity (Wildman–Crippen MR) is 116 cm³/mol. The average molecular weight is 446 g/mol. The average Bonchev–Trinajstić information content (AvgIpc) is 3.42. The number of amides is 2. The third kappa shape index (κ3) is 3.50.